The summed E-state index contributed by atoms with van der Waals surface area (Å²) in [6.07, 6.45) is 0. The van der Waals surface area contributed by atoms with Crippen LogP contribution in [-0.4, -0.2) is 17.1 Å². The summed E-state index contributed by atoms with van der Waals surface area (Å²) in [4.78, 5) is 9.08. The van der Waals surface area contributed by atoms with Crippen LogP contribution in [0.2, 0.25) is 0 Å². The molecule has 3 nitrogen and oxygen atoms in total. The molecular formula is C14H17N2OPS. The molecule has 1 aromatic carbocycles. The summed E-state index contributed by atoms with van der Waals surface area (Å²) in [5.41, 5.74) is 4.98. The zero-order chi connectivity index (χ0) is 14.0. The van der Waals surface area contributed by atoms with Gasteiger partial charge in [-0.3, -0.25) is 0 Å². The molecule has 19 heavy (non-hydrogen) atoms. The average Bonchev–Trinajstić information content (AvgIpc) is 2.39. The monoisotopic (exact) mass is 292 g/mol. The van der Waals surface area contributed by atoms with Crippen molar-refractivity contribution in [2.45, 2.75) is 19.6 Å². The third-order valence-electron chi connectivity index (χ3n) is 3.07. The molecule has 0 radical (unpaired) electrons. The molecule has 0 fully saturated rings. The molecule has 0 aliphatic heterocycles. The molecule has 0 aliphatic rings. The van der Waals surface area contributed by atoms with Gasteiger partial charge in [0.1, 0.15) is 5.75 Å². The summed E-state index contributed by atoms with van der Waals surface area (Å²) in [5.74, 6) is 2.20. The highest BCUT2D eigenvalue weighted by Crippen LogP contribution is 2.25. The van der Waals surface area contributed by atoms with Crippen LogP contribution >= 0.6 is 21.9 Å². The standard InChI is InChI=1S/C14H17N2OPS/c1-8-4-5-10(6-12(8)17-3)13-15-9(2)11(7-19)14(18)16-13/h4-6,19H,7,18H2,1-3H3. The second kappa shape index (κ2) is 5.89. The molecule has 1 unspecified atom stereocenters. The van der Waals surface area contributed by atoms with E-state index in [2.05, 4.69) is 31.8 Å². The number of aryl methyl sites for hydroxylation is 2. The molecule has 1 atom stereocenters. The second-order valence-corrected chi connectivity index (χ2v) is 5.20. The van der Waals surface area contributed by atoms with Gasteiger partial charge in [-0.25, -0.2) is 9.97 Å². The van der Waals surface area contributed by atoms with Crippen LogP contribution in [-0.2, 0) is 5.75 Å². The first-order chi connectivity index (χ1) is 9.06. The Labute approximate surface area is 121 Å². The first kappa shape index (κ1) is 14.3. The van der Waals surface area contributed by atoms with Gasteiger partial charge in [0.2, 0.25) is 0 Å². The third-order valence-corrected chi connectivity index (χ3v) is 3.86. The van der Waals surface area contributed by atoms with Crippen molar-refractivity contribution in [3.63, 3.8) is 0 Å². The zero-order valence-electron chi connectivity index (χ0n) is 11.3. The predicted octanol–water partition coefficient (Wildman–Crippen LogP) is 2.70. The summed E-state index contributed by atoms with van der Waals surface area (Å²) < 4.78 is 5.34. The second-order valence-electron chi connectivity index (χ2n) is 4.34. The summed E-state index contributed by atoms with van der Waals surface area (Å²) in [7, 11) is 4.32. The van der Waals surface area contributed by atoms with E-state index in [9.17, 15) is 0 Å². The van der Waals surface area contributed by atoms with Gasteiger partial charge in [-0.1, -0.05) is 21.4 Å². The van der Waals surface area contributed by atoms with Crippen LogP contribution in [0.5, 0.6) is 5.75 Å². The Bertz CT molecular complexity index is 593. The SMILES string of the molecule is COc1cc(-c2nc(C)c(CS)c(P)n2)ccc1C. The zero-order valence-corrected chi connectivity index (χ0v) is 13.3. The lowest BCUT2D eigenvalue weighted by Crippen LogP contribution is -2.11. The first-order valence-electron chi connectivity index (χ1n) is 5.95. The van der Waals surface area contributed by atoms with Crippen molar-refractivity contribution in [2.75, 3.05) is 7.11 Å². The highest BCUT2D eigenvalue weighted by Gasteiger charge is 2.10. The van der Waals surface area contributed by atoms with E-state index in [0.29, 0.717) is 11.6 Å². The molecule has 2 rings (SSSR count). The van der Waals surface area contributed by atoms with Gasteiger partial charge < -0.3 is 4.74 Å². The van der Waals surface area contributed by atoms with Gasteiger partial charge >= 0.3 is 0 Å². The Balaban J connectivity index is 2.53. The first-order valence-corrected chi connectivity index (χ1v) is 7.16. The molecule has 0 saturated carbocycles. The van der Waals surface area contributed by atoms with Crippen molar-refractivity contribution in [2.24, 2.45) is 0 Å². The summed E-state index contributed by atoms with van der Waals surface area (Å²) in [6.45, 7) is 4.00. The maximum atomic E-state index is 5.34. The van der Waals surface area contributed by atoms with E-state index in [0.717, 1.165) is 33.6 Å². The maximum Gasteiger partial charge on any atom is 0.160 e. The van der Waals surface area contributed by atoms with E-state index in [1.807, 2.05) is 32.0 Å². The molecule has 0 aliphatic carbocycles. The number of aromatic nitrogens is 2. The van der Waals surface area contributed by atoms with Crippen molar-refractivity contribution in [3.05, 3.63) is 35.0 Å². The topological polar surface area (TPSA) is 35.0 Å². The molecule has 2 aromatic rings. The molecule has 0 bridgehead atoms. The lowest BCUT2D eigenvalue weighted by molar-refractivity contribution is 0.412. The van der Waals surface area contributed by atoms with Crippen molar-refractivity contribution in [1.29, 1.82) is 0 Å². The number of benzene rings is 1. The predicted molar refractivity (Wildman–Crippen MR) is 85.5 cm³/mol. The number of nitrogens with zero attached hydrogens (tertiary/aromatic N) is 2. The molecule has 0 N–H and O–H groups in total. The maximum absolute atomic E-state index is 5.34. The number of hydrogen-bond donors (Lipinski definition) is 1. The smallest absolute Gasteiger partial charge is 0.160 e. The largest absolute Gasteiger partial charge is 0.496 e. The highest BCUT2D eigenvalue weighted by atomic mass is 32.1. The van der Waals surface area contributed by atoms with Crippen LogP contribution in [0.25, 0.3) is 11.4 Å². The molecule has 1 heterocycles. The molecule has 5 heteroatoms. The minimum atomic E-state index is 0.641. The van der Waals surface area contributed by atoms with Crippen LogP contribution in [0.15, 0.2) is 18.2 Å². The van der Waals surface area contributed by atoms with Crippen molar-refractivity contribution < 1.29 is 4.74 Å². The van der Waals surface area contributed by atoms with Crippen molar-refractivity contribution in [3.8, 4) is 17.1 Å². The quantitative estimate of drug-likeness (QED) is 0.698. The van der Waals surface area contributed by atoms with Gasteiger partial charge in [-0.05, 0) is 25.5 Å². The lowest BCUT2D eigenvalue weighted by Gasteiger charge is -2.10. The van der Waals surface area contributed by atoms with Crippen LogP contribution in [0, 0.1) is 13.8 Å². The molecule has 1 aromatic heterocycles. The van der Waals surface area contributed by atoms with Crippen LogP contribution in [0.3, 0.4) is 0 Å². The van der Waals surface area contributed by atoms with Gasteiger partial charge in [0, 0.05) is 22.6 Å². The fourth-order valence-corrected chi connectivity index (χ4v) is 2.90. The molecule has 0 amide bonds. The number of hydrogen-bond acceptors (Lipinski definition) is 4. The van der Waals surface area contributed by atoms with E-state index in [-0.39, 0.29) is 0 Å². The third kappa shape index (κ3) is 2.90. The average molecular weight is 292 g/mol. The van der Waals surface area contributed by atoms with E-state index in [1.165, 1.54) is 0 Å². The minimum absolute atomic E-state index is 0.641. The lowest BCUT2D eigenvalue weighted by atomic mass is 10.1. The minimum Gasteiger partial charge on any atom is -0.496 e. The fourth-order valence-electron chi connectivity index (χ4n) is 1.90. The van der Waals surface area contributed by atoms with Gasteiger partial charge in [-0.15, -0.1) is 0 Å². The molecule has 0 saturated heterocycles. The Morgan fingerprint density at radius 3 is 2.58 bits per heavy atom. The van der Waals surface area contributed by atoms with E-state index >= 15 is 0 Å². The van der Waals surface area contributed by atoms with Crippen LogP contribution in [0.1, 0.15) is 16.8 Å². The van der Waals surface area contributed by atoms with E-state index in [1.54, 1.807) is 7.11 Å². The summed E-state index contributed by atoms with van der Waals surface area (Å²) in [5, 5.41) is 0. The normalized spacial score (nSPS) is 10.6. The van der Waals surface area contributed by atoms with E-state index < -0.39 is 0 Å². The van der Waals surface area contributed by atoms with Crippen molar-refractivity contribution in [1.82, 2.24) is 9.97 Å². The number of methoxy groups -OCH3 is 1. The number of thiol groups is 1. The molecular weight excluding hydrogens is 275 g/mol. The summed E-state index contributed by atoms with van der Waals surface area (Å²) in [6, 6.07) is 5.99. The van der Waals surface area contributed by atoms with Gasteiger partial charge in [0.05, 0.1) is 12.5 Å². The Kier molecular flexibility index (Phi) is 4.43. The van der Waals surface area contributed by atoms with Gasteiger partial charge in [-0.2, -0.15) is 12.6 Å². The Morgan fingerprint density at radius 2 is 2.00 bits per heavy atom. The van der Waals surface area contributed by atoms with E-state index in [4.69, 9.17) is 4.74 Å². The van der Waals surface area contributed by atoms with Gasteiger partial charge in [0.15, 0.2) is 5.82 Å². The Morgan fingerprint density at radius 1 is 1.26 bits per heavy atom. The fraction of sp³-hybridized carbons (Fsp3) is 0.286. The van der Waals surface area contributed by atoms with Crippen LogP contribution in [0.4, 0.5) is 0 Å². The molecule has 0 spiro atoms. The number of rotatable bonds is 3. The number of ether oxygens (including phenoxy) is 1. The van der Waals surface area contributed by atoms with Gasteiger partial charge in [0.25, 0.3) is 0 Å². The van der Waals surface area contributed by atoms with Crippen LogP contribution < -0.4 is 10.2 Å². The summed E-state index contributed by atoms with van der Waals surface area (Å²) >= 11 is 4.30. The Hall–Kier alpha value is -1.12. The highest BCUT2D eigenvalue weighted by molar-refractivity contribution is 7.79. The van der Waals surface area contributed by atoms with Crippen molar-refractivity contribution >= 4 is 27.3 Å². The molecule has 100 valence electrons.